The van der Waals surface area contributed by atoms with E-state index in [1.807, 2.05) is 7.05 Å². The second-order valence-corrected chi connectivity index (χ2v) is 8.72. The molecule has 3 saturated heterocycles. The van der Waals surface area contributed by atoms with Gasteiger partial charge in [-0.1, -0.05) is 30.3 Å². The molecule has 1 aromatic carbocycles. The molecule has 0 saturated carbocycles. The fourth-order valence-corrected chi connectivity index (χ4v) is 5.53. The van der Waals surface area contributed by atoms with Crippen LogP contribution in [0.3, 0.4) is 0 Å². The molecule has 3 aliphatic heterocycles. The van der Waals surface area contributed by atoms with Crippen molar-refractivity contribution in [2.45, 2.75) is 52.0 Å². The lowest BCUT2D eigenvalue weighted by Crippen LogP contribution is -2.41. The number of fused-ring (bicyclic) bond motifs is 5. The summed E-state index contributed by atoms with van der Waals surface area (Å²) in [6.45, 7) is 7.96. The molecule has 0 aliphatic carbocycles. The molecule has 7 heteroatoms. The highest BCUT2D eigenvalue weighted by atomic mass is 127. The molecule has 2 aromatic rings. The third-order valence-corrected chi connectivity index (χ3v) is 7.09. The predicted molar refractivity (Wildman–Crippen MR) is 129 cm³/mol. The number of aryl methyl sites for hydroxylation is 1. The topological polar surface area (TPSA) is 54.7 Å². The summed E-state index contributed by atoms with van der Waals surface area (Å²) in [7, 11) is 1.89. The molecule has 162 valence electrons. The van der Waals surface area contributed by atoms with E-state index < -0.39 is 0 Å². The van der Waals surface area contributed by atoms with Crippen molar-refractivity contribution < 1.29 is 4.74 Å². The van der Waals surface area contributed by atoms with Crippen molar-refractivity contribution >= 4 is 29.9 Å². The van der Waals surface area contributed by atoms with Gasteiger partial charge >= 0.3 is 0 Å². The second kappa shape index (κ2) is 8.86. The summed E-state index contributed by atoms with van der Waals surface area (Å²) in [5.41, 5.74) is 4.85. The van der Waals surface area contributed by atoms with E-state index in [4.69, 9.17) is 9.84 Å². The van der Waals surface area contributed by atoms with Gasteiger partial charge in [-0.25, -0.2) is 0 Å². The van der Waals surface area contributed by atoms with E-state index in [1.165, 1.54) is 29.7 Å². The average Bonchev–Trinajstić information content (AvgIpc) is 3.48. The summed E-state index contributed by atoms with van der Waals surface area (Å²) in [4.78, 5) is 7.01. The van der Waals surface area contributed by atoms with Gasteiger partial charge in [0, 0.05) is 49.8 Å². The summed E-state index contributed by atoms with van der Waals surface area (Å²) >= 11 is 0. The Morgan fingerprint density at radius 2 is 1.80 bits per heavy atom. The molecule has 0 spiro atoms. The van der Waals surface area contributed by atoms with E-state index in [0.717, 1.165) is 37.8 Å². The number of halogens is 1. The van der Waals surface area contributed by atoms with E-state index in [1.54, 1.807) is 0 Å². The molecule has 1 aromatic heterocycles. The molecule has 1 N–H and O–H groups in total. The molecule has 30 heavy (non-hydrogen) atoms. The Kier molecular flexibility index (Phi) is 6.39. The summed E-state index contributed by atoms with van der Waals surface area (Å²) in [5, 5.41) is 8.40. The molecule has 2 bridgehead atoms. The number of guanidine groups is 1. The van der Waals surface area contributed by atoms with Crippen molar-refractivity contribution in [1.29, 1.82) is 0 Å². The summed E-state index contributed by atoms with van der Waals surface area (Å²) in [5.74, 6) is 2.38. The molecule has 5 rings (SSSR count). The number of aliphatic imine (C=N–C) groups is 1. The number of aromatic nitrogens is 2. The fourth-order valence-electron chi connectivity index (χ4n) is 5.53. The first-order valence-electron chi connectivity index (χ1n) is 10.8. The van der Waals surface area contributed by atoms with Crippen LogP contribution in [0.5, 0.6) is 0 Å². The summed E-state index contributed by atoms with van der Waals surface area (Å²) in [6.07, 6.45) is 3.44. The first kappa shape index (κ1) is 21.6. The zero-order chi connectivity index (χ0) is 20.0. The maximum absolute atomic E-state index is 6.12. The number of rotatable bonds is 4. The monoisotopic (exact) mass is 521 g/mol. The molecular formula is C23H32IN5O. The van der Waals surface area contributed by atoms with Gasteiger partial charge in [-0.05, 0) is 32.3 Å². The number of benzene rings is 1. The minimum absolute atomic E-state index is 0. The number of ether oxygens (including phenoxy) is 1. The van der Waals surface area contributed by atoms with Crippen LogP contribution in [-0.4, -0.2) is 53.0 Å². The standard InChI is InChI=1S/C23H31N5O.HI/c1-15-18(16(2)28(26-15)12-17-7-5-4-6-8-17)11-25-23(24-3)27-13-19-20(14-27)22-10-9-21(19)29-22;/h4-8,19-22H,9-14H2,1-3H3,(H,24,25);1H. The Bertz CT molecular complexity index is 894. The maximum Gasteiger partial charge on any atom is 0.193 e. The van der Waals surface area contributed by atoms with Crippen LogP contribution in [0.4, 0.5) is 0 Å². The van der Waals surface area contributed by atoms with Gasteiger partial charge in [0.1, 0.15) is 0 Å². The Hall–Kier alpha value is -1.61. The Morgan fingerprint density at radius 1 is 1.13 bits per heavy atom. The van der Waals surface area contributed by atoms with Crippen molar-refractivity contribution in [3.8, 4) is 0 Å². The van der Waals surface area contributed by atoms with Crippen LogP contribution in [0.2, 0.25) is 0 Å². The lowest BCUT2D eigenvalue weighted by atomic mass is 9.82. The van der Waals surface area contributed by atoms with Crippen LogP contribution in [0.1, 0.15) is 35.4 Å². The second-order valence-electron chi connectivity index (χ2n) is 8.72. The van der Waals surface area contributed by atoms with Crippen molar-refractivity contribution in [2.24, 2.45) is 16.8 Å². The van der Waals surface area contributed by atoms with Gasteiger partial charge in [-0.15, -0.1) is 24.0 Å². The van der Waals surface area contributed by atoms with Gasteiger partial charge in [0.2, 0.25) is 0 Å². The van der Waals surface area contributed by atoms with E-state index in [0.29, 0.717) is 24.0 Å². The molecular weight excluding hydrogens is 489 g/mol. The van der Waals surface area contributed by atoms with Crippen LogP contribution >= 0.6 is 24.0 Å². The molecule has 4 atom stereocenters. The quantitative estimate of drug-likeness (QED) is 0.381. The van der Waals surface area contributed by atoms with Crippen molar-refractivity contribution in [1.82, 2.24) is 20.0 Å². The number of likely N-dealkylation sites (tertiary alicyclic amines) is 1. The van der Waals surface area contributed by atoms with Gasteiger partial charge in [-0.3, -0.25) is 9.67 Å². The lowest BCUT2D eigenvalue weighted by molar-refractivity contribution is 0.0767. The minimum atomic E-state index is 0. The molecule has 0 radical (unpaired) electrons. The Labute approximate surface area is 196 Å². The minimum Gasteiger partial charge on any atom is -0.374 e. The first-order valence-corrected chi connectivity index (χ1v) is 10.8. The van der Waals surface area contributed by atoms with Crippen LogP contribution in [0.25, 0.3) is 0 Å². The van der Waals surface area contributed by atoms with Gasteiger partial charge < -0.3 is 15.0 Å². The SMILES string of the molecule is CN=C(NCc1c(C)nn(Cc2ccccc2)c1C)N1CC2C3CCC(O3)C2C1.I. The zero-order valence-electron chi connectivity index (χ0n) is 18.0. The van der Waals surface area contributed by atoms with Gasteiger partial charge in [0.15, 0.2) is 5.96 Å². The summed E-state index contributed by atoms with van der Waals surface area (Å²) < 4.78 is 8.23. The first-order chi connectivity index (χ1) is 14.1. The largest absolute Gasteiger partial charge is 0.374 e. The number of nitrogens with one attached hydrogen (secondary N) is 1. The van der Waals surface area contributed by atoms with Crippen LogP contribution in [-0.2, 0) is 17.8 Å². The van der Waals surface area contributed by atoms with Crippen molar-refractivity contribution in [3.63, 3.8) is 0 Å². The van der Waals surface area contributed by atoms with Gasteiger partial charge in [0.05, 0.1) is 24.4 Å². The fraction of sp³-hybridized carbons (Fsp3) is 0.565. The normalized spacial score (nSPS) is 27.3. The number of hydrogen-bond donors (Lipinski definition) is 1. The molecule has 3 aliphatic rings. The summed E-state index contributed by atoms with van der Waals surface area (Å²) in [6, 6.07) is 10.5. The van der Waals surface area contributed by atoms with E-state index in [9.17, 15) is 0 Å². The Balaban J connectivity index is 0.00000218. The third-order valence-electron chi connectivity index (χ3n) is 7.09. The van der Waals surface area contributed by atoms with E-state index in [-0.39, 0.29) is 24.0 Å². The molecule has 6 nitrogen and oxygen atoms in total. The van der Waals surface area contributed by atoms with E-state index in [2.05, 4.69) is 64.1 Å². The molecule has 4 heterocycles. The smallest absolute Gasteiger partial charge is 0.193 e. The zero-order valence-corrected chi connectivity index (χ0v) is 20.4. The molecule has 0 amide bonds. The highest BCUT2D eigenvalue weighted by molar-refractivity contribution is 14.0. The highest BCUT2D eigenvalue weighted by Crippen LogP contribution is 2.47. The van der Waals surface area contributed by atoms with Crippen molar-refractivity contribution in [3.05, 3.63) is 52.8 Å². The van der Waals surface area contributed by atoms with Gasteiger partial charge in [-0.2, -0.15) is 5.10 Å². The lowest BCUT2D eigenvalue weighted by Gasteiger charge is -2.23. The maximum atomic E-state index is 6.12. The number of nitrogens with zero attached hydrogens (tertiary/aromatic N) is 4. The van der Waals surface area contributed by atoms with E-state index >= 15 is 0 Å². The highest BCUT2D eigenvalue weighted by Gasteiger charge is 2.53. The van der Waals surface area contributed by atoms with Crippen molar-refractivity contribution in [2.75, 3.05) is 20.1 Å². The number of hydrogen-bond acceptors (Lipinski definition) is 3. The van der Waals surface area contributed by atoms with Crippen LogP contribution < -0.4 is 5.32 Å². The average molecular weight is 521 g/mol. The molecule has 4 unspecified atom stereocenters. The molecule has 3 fully saturated rings. The third kappa shape index (κ3) is 3.86. The Morgan fingerprint density at radius 3 is 2.43 bits per heavy atom. The predicted octanol–water partition coefficient (Wildman–Crippen LogP) is 3.35. The van der Waals surface area contributed by atoms with Gasteiger partial charge in [0.25, 0.3) is 0 Å². The van der Waals surface area contributed by atoms with Crippen LogP contribution in [0, 0.1) is 25.7 Å². The van der Waals surface area contributed by atoms with Crippen LogP contribution in [0.15, 0.2) is 35.3 Å².